The molecule has 0 saturated carbocycles. The molecule has 11 rings (SSSR count). The Morgan fingerprint density at radius 3 is 1.19 bits per heavy atom. The highest BCUT2D eigenvalue weighted by Crippen LogP contribution is 2.48. The third-order valence-corrected chi connectivity index (χ3v) is 11.7. The number of fused-ring (bicyclic) bond motifs is 2. The number of hydrogen-bond acceptors (Lipinski definition) is 2. The van der Waals surface area contributed by atoms with Gasteiger partial charge in [-0.15, -0.1) is 0 Å². The lowest BCUT2D eigenvalue weighted by molar-refractivity contribution is 1.29. The highest BCUT2D eigenvalue weighted by atomic mass is 15.1. The molecule has 0 aromatic heterocycles. The van der Waals surface area contributed by atoms with Crippen LogP contribution in [0.1, 0.15) is 0 Å². The predicted octanol–water partition coefficient (Wildman–Crippen LogP) is 17.6. The minimum absolute atomic E-state index is 1.05. The van der Waals surface area contributed by atoms with Gasteiger partial charge in [0.1, 0.15) is 0 Å². The van der Waals surface area contributed by atoms with E-state index in [0.29, 0.717) is 0 Å². The molecule has 0 bridgehead atoms. The van der Waals surface area contributed by atoms with Gasteiger partial charge in [-0.05, 0) is 115 Å². The van der Waals surface area contributed by atoms with Crippen molar-refractivity contribution in [1.82, 2.24) is 0 Å². The first-order chi connectivity index (χ1) is 31.8. The van der Waals surface area contributed by atoms with Crippen LogP contribution in [0.3, 0.4) is 0 Å². The number of rotatable bonds is 9. The molecule has 11 aromatic carbocycles. The first-order valence-corrected chi connectivity index (χ1v) is 21.8. The Bertz CT molecular complexity index is 3210. The summed E-state index contributed by atoms with van der Waals surface area (Å²) in [5, 5.41) is 8.49. The van der Waals surface area contributed by atoms with Gasteiger partial charge in [0.15, 0.2) is 0 Å². The average Bonchev–Trinajstić information content (AvgIpc) is 3.38. The highest BCUT2D eigenvalue weighted by Gasteiger charge is 2.21. The summed E-state index contributed by atoms with van der Waals surface area (Å²) in [7, 11) is 0. The molecule has 64 heavy (non-hydrogen) atoms. The van der Waals surface area contributed by atoms with Gasteiger partial charge in [-0.25, -0.2) is 0 Å². The van der Waals surface area contributed by atoms with Crippen LogP contribution in [-0.2, 0) is 0 Å². The van der Waals surface area contributed by atoms with Crippen LogP contribution in [0.2, 0.25) is 0 Å². The van der Waals surface area contributed by atoms with Gasteiger partial charge in [0.2, 0.25) is 0 Å². The molecule has 0 aliphatic rings. The first-order valence-electron chi connectivity index (χ1n) is 21.8. The van der Waals surface area contributed by atoms with Crippen molar-refractivity contribution in [2.24, 2.45) is 0 Å². The molecule has 0 spiro atoms. The lowest BCUT2D eigenvalue weighted by atomic mass is 9.85. The SMILES string of the molecule is c1ccc(-c2ccccc2)cc1.c1ccc(Nc2ccc3c(-c4ccccc4)c4cc(N(c5ccccc5)c5ccccc5-c5ccccc5)ccc4c(-c4ccccc4)c3c2)cc1. The molecule has 0 atom stereocenters. The Balaban J connectivity index is 0.000000348. The van der Waals surface area contributed by atoms with Gasteiger partial charge in [-0.2, -0.15) is 0 Å². The van der Waals surface area contributed by atoms with Crippen molar-refractivity contribution in [3.05, 3.63) is 273 Å². The van der Waals surface area contributed by atoms with Crippen molar-refractivity contribution < 1.29 is 0 Å². The van der Waals surface area contributed by atoms with Crippen LogP contribution >= 0.6 is 0 Å². The monoisotopic (exact) mass is 818 g/mol. The lowest BCUT2D eigenvalue weighted by Gasteiger charge is -2.29. The molecule has 2 heteroatoms. The van der Waals surface area contributed by atoms with E-state index in [-0.39, 0.29) is 0 Å². The normalized spacial score (nSPS) is 10.8. The van der Waals surface area contributed by atoms with Crippen molar-refractivity contribution in [2.75, 3.05) is 10.2 Å². The second kappa shape index (κ2) is 18.7. The summed E-state index contributed by atoms with van der Waals surface area (Å²) in [6.07, 6.45) is 0. The molecule has 0 aliphatic carbocycles. The summed E-state index contributed by atoms with van der Waals surface area (Å²) >= 11 is 0. The molecule has 0 radical (unpaired) electrons. The summed E-state index contributed by atoms with van der Waals surface area (Å²) in [4.78, 5) is 2.40. The van der Waals surface area contributed by atoms with Crippen LogP contribution in [0.15, 0.2) is 273 Å². The Morgan fingerprint density at radius 2 is 0.656 bits per heavy atom. The summed E-state index contributed by atoms with van der Waals surface area (Å²) in [5.74, 6) is 0. The van der Waals surface area contributed by atoms with Crippen LogP contribution in [0.5, 0.6) is 0 Å². The van der Waals surface area contributed by atoms with E-state index in [1.54, 1.807) is 0 Å². The van der Waals surface area contributed by atoms with Gasteiger partial charge in [0, 0.05) is 28.3 Å². The van der Waals surface area contributed by atoms with Gasteiger partial charge in [-0.3, -0.25) is 0 Å². The first kappa shape index (κ1) is 39.7. The molecule has 0 heterocycles. The van der Waals surface area contributed by atoms with Gasteiger partial charge in [0.25, 0.3) is 0 Å². The van der Waals surface area contributed by atoms with Crippen molar-refractivity contribution >= 4 is 50.0 Å². The number of nitrogens with zero attached hydrogens (tertiary/aromatic N) is 1. The zero-order valence-corrected chi connectivity index (χ0v) is 35.4. The van der Waals surface area contributed by atoms with Crippen molar-refractivity contribution in [3.63, 3.8) is 0 Å². The van der Waals surface area contributed by atoms with E-state index in [1.165, 1.54) is 66.1 Å². The fourth-order valence-corrected chi connectivity index (χ4v) is 8.75. The minimum atomic E-state index is 1.05. The molecule has 2 nitrogen and oxygen atoms in total. The summed E-state index contributed by atoms with van der Waals surface area (Å²) in [5.41, 5.74) is 15.2. The Kier molecular flexibility index (Phi) is 11.6. The Hall–Kier alpha value is -8.46. The fourth-order valence-electron chi connectivity index (χ4n) is 8.75. The fraction of sp³-hybridized carbons (Fsp3) is 0. The summed E-state index contributed by atoms with van der Waals surface area (Å²) in [6.45, 7) is 0. The van der Waals surface area contributed by atoms with Crippen LogP contribution < -0.4 is 10.2 Å². The van der Waals surface area contributed by atoms with Crippen LogP contribution in [0.4, 0.5) is 28.4 Å². The maximum Gasteiger partial charge on any atom is 0.0540 e. The maximum atomic E-state index is 3.65. The predicted molar refractivity (Wildman–Crippen MR) is 274 cm³/mol. The van der Waals surface area contributed by atoms with Crippen molar-refractivity contribution in [3.8, 4) is 44.5 Å². The third-order valence-electron chi connectivity index (χ3n) is 11.7. The molecule has 0 fully saturated rings. The number of nitrogens with one attached hydrogen (secondary N) is 1. The number of benzene rings is 11. The molecular formula is C62H46N2. The van der Waals surface area contributed by atoms with E-state index >= 15 is 0 Å². The second-order valence-electron chi connectivity index (χ2n) is 15.7. The molecule has 11 aromatic rings. The molecule has 0 amide bonds. The topological polar surface area (TPSA) is 15.3 Å². The molecular weight excluding hydrogens is 773 g/mol. The largest absolute Gasteiger partial charge is 0.356 e. The Morgan fingerprint density at radius 1 is 0.250 bits per heavy atom. The van der Waals surface area contributed by atoms with E-state index in [2.05, 4.69) is 265 Å². The zero-order valence-electron chi connectivity index (χ0n) is 35.4. The van der Waals surface area contributed by atoms with Gasteiger partial charge >= 0.3 is 0 Å². The number of para-hydroxylation sites is 3. The van der Waals surface area contributed by atoms with Gasteiger partial charge < -0.3 is 10.2 Å². The van der Waals surface area contributed by atoms with Crippen LogP contribution in [-0.4, -0.2) is 0 Å². The Labute approximate surface area is 376 Å². The summed E-state index contributed by atoms with van der Waals surface area (Å²) in [6, 6.07) is 96.8. The van der Waals surface area contributed by atoms with Crippen LogP contribution in [0, 0.1) is 0 Å². The minimum Gasteiger partial charge on any atom is -0.356 e. The molecule has 0 saturated heterocycles. The highest BCUT2D eigenvalue weighted by molar-refractivity contribution is 6.22. The van der Waals surface area contributed by atoms with Crippen molar-refractivity contribution in [1.29, 1.82) is 0 Å². The molecule has 0 aliphatic heterocycles. The van der Waals surface area contributed by atoms with E-state index in [9.17, 15) is 0 Å². The van der Waals surface area contributed by atoms with Gasteiger partial charge in [0.05, 0.1) is 5.69 Å². The van der Waals surface area contributed by atoms with Crippen molar-refractivity contribution in [2.45, 2.75) is 0 Å². The smallest absolute Gasteiger partial charge is 0.0540 e. The van der Waals surface area contributed by atoms with Crippen LogP contribution in [0.25, 0.3) is 66.1 Å². The van der Waals surface area contributed by atoms with E-state index < -0.39 is 0 Å². The quantitative estimate of drug-likeness (QED) is 0.146. The standard InChI is InChI=1S/C50H36N2.C12H10/c1-6-18-36(19-7-1)43-28-16-17-29-48(43)52(41-26-14-5-15-27-41)42-31-33-45-47(35-42)50(38-22-10-3-11-23-38)44-32-30-40(51-39-24-12-4-13-25-39)34-46(44)49(45)37-20-8-2-9-21-37;1-3-7-11(8-4-1)12-9-5-2-6-10-12/h1-35,51H;1-10H. The number of hydrogen-bond donors (Lipinski definition) is 1. The second-order valence-corrected chi connectivity index (χ2v) is 15.7. The number of anilines is 5. The van der Waals surface area contributed by atoms with E-state index in [4.69, 9.17) is 0 Å². The molecule has 1 N–H and O–H groups in total. The average molecular weight is 819 g/mol. The third kappa shape index (κ3) is 8.41. The molecule has 0 unspecified atom stereocenters. The van der Waals surface area contributed by atoms with Gasteiger partial charge in [-0.1, -0.05) is 218 Å². The maximum absolute atomic E-state index is 3.65. The van der Waals surface area contributed by atoms with E-state index in [0.717, 1.165) is 28.4 Å². The summed E-state index contributed by atoms with van der Waals surface area (Å²) < 4.78 is 0. The zero-order chi connectivity index (χ0) is 42.9. The lowest BCUT2D eigenvalue weighted by Crippen LogP contribution is -2.11. The van der Waals surface area contributed by atoms with E-state index in [1.807, 2.05) is 18.2 Å². The molecule has 304 valence electrons.